The van der Waals surface area contributed by atoms with Crippen molar-refractivity contribution in [2.75, 3.05) is 0 Å². The van der Waals surface area contributed by atoms with Crippen molar-refractivity contribution in [1.82, 2.24) is 25.9 Å². The van der Waals surface area contributed by atoms with E-state index in [1.54, 1.807) is 6.07 Å². The van der Waals surface area contributed by atoms with Crippen LogP contribution < -0.4 is 16.0 Å². The molecule has 12 aliphatic rings. The van der Waals surface area contributed by atoms with Crippen molar-refractivity contribution in [2.24, 2.45) is 53.3 Å². The lowest BCUT2D eigenvalue weighted by Gasteiger charge is -2.57. The van der Waals surface area contributed by atoms with Crippen molar-refractivity contribution in [1.29, 1.82) is 0 Å². The molecule has 8 nitrogen and oxygen atoms in total. The minimum absolute atomic E-state index is 0.0282. The fourth-order valence-corrected chi connectivity index (χ4v) is 14.5. The second-order valence-electron chi connectivity index (χ2n) is 18.4. The molecule has 45 heavy (non-hydrogen) atoms. The summed E-state index contributed by atoms with van der Waals surface area (Å²) in [7, 11) is 0. The largest absolute Gasteiger partial charge is 0.345 e. The number of hydrogen-bond acceptors (Lipinski definition) is 5. The summed E-state index contributed by atoms with van der Waals surface area (Å²) in [5, 5.41) is 10.3. The molecule has 8 heteroatoms. The molecule has 0 atom stereocenters. The third-order valence-corrected chi connectivity index (χ3v) is 14.6. The van der Waals surface area contributed by atoms with Crippen molar-refractivity contribution in [3.63, 3.8) is 0 Å². The van der Waals surface area contributed by atoms with Gasteiger partial charge in [-0.3, -0.25) is 14.4 Å². The van der Waals surface area contributed by atoms with E-state index in [-0.39, 0.29) is 51.6 Å². The Morgan fingerprint density at radius 1 is 0.444 bits per heavy atom. The first-order valence-electron chi connectivity index (χ1n) is 18.5. The Hall–Kier alpha value is -2.51. The van der Waals surface area contributed by atoms with Crippen LogP contribution in [0.5, 0.6) is 0 Å². The third kappa shape index (κ3) is 4.69. The van der Waals surface area contributed by atoms with Crippen LogP contribution >= 0.6 is 0 Å². The van der Waals surface area contributed by atoms with Crippen molar-refractivity contribution < 1.29 is 14.4 Å². The lowest BCUT2D eigenvalue weighted by molar-refractivity contribution is -0.0170. The van der Waals surface area contributed by atoms with Crippen LogP contribution in [0, 0.1) is 53.3 Å². The molecule has 0 radical (unpaired) electrons. The summed E-state index contributed by atoms with van der Waals surface area (Å²) >= 11 is 0. The number of aromatic nitrogens is 2. The number of hydrogen-bond donors (Lipinski definition) is 3. The fraction of sp³-hybridized carbons (Fsp3) is 0.811. The van der Waals surface area contributed by atoms with Gasteiger partial charge >= 0.3 is 0 Å². The van der Waals surface area contributed by atoms with E-state index in [0.29, 0.717) is 53.3 Å². The lowest BCUT2D eigenvalue weighted by Crippen LogP contribution is -2.60. The maximum atomic E-state index is 14.0. The van der Waals surface area contributed by atoms with Gasteiger partial charge < -0.3 is 16.0 Å². The summed E-state index contributed by atoms with van der Waals surface area (Å²) in [4.78, 5) is 51.3. The number of nitrogens with one attached hydrogen (secondary N) is 3. The maximum Gasteiger partial charge on any atom is 0.289 e. The minimum atomic E-state index is -0.328. The molecule has 12 fully saturated rings. The van der Waals surface area contributed by atoms with Crippen LogP contribution in [0.2, 0.25) is 0 Å². The molecule has 12 bridgehead atoms. The van der Waals surface area contributed by atoms with Gasteiger partial charge in [0, 0.05) is 22.7 Å². The molecule has 3 amide bonds. The summed E-state index contributed by atoms with van der Waals surface area (Å²) < 4.78 is 0. The zero-order chi connectivity index (χ0) is 30.1. The number of nitrogens with zero attached hydrogens (tertiary/aromatic N) is 2. The third-order valence-electron chi connectivity index (χ3n) is 14.6. The van der Waals surface area contributed by atoms with Crippen LogP contribution in [-0.4, -0.2) is 44.3 Å². The Morgan fingerprint density at radius 3 is 0.956 bits per heavy atom. The molecular weight excluding hydrogens is 562 g/mol. The van der Waals surface area contributed by atoms with E-state index in [1.807, 2.05) is 0 Å². The van der Waals surface area contributed by atoms with Crippen molar-refractivity contribution in [2.45, 2.75) is 132 Å². The van der Waals surface area contributed by atoms with Crippen LogP contribution in [0.1, 0.15) is 147 Å². The molecule has 13 rings (SSSR count). The summed E-state index contributed by atoms with van der Waals surface area (Å²) in [5.74, 6) is 5.40. The standard InChI is InChI=1S/C37H49N5O3/c43-32(40-35-11-20-1-21(12-35)3-22(2-20)13-35)29-10-30(33(44)41-36-14-23-4-24(15-36)6-25(5-23)16-36)39-31(38-29)34(45)42-37-17-26-7-27(18-37)9-28(8-26)19-37/h10,20-28H,1-9,11-19H2,(H,40,43)(H,41,44)(H,42,45). The molecule has 1 aromatic rings. The Kier molecular flexibility index (Phi) is 5.84. The molecule has 3 N–H and O–H groups in total. The topological polar surface area (TPSA) is 113 Å². The normalized spacial score (nSPS) is 47.6. The lowest BCUT2D eigenvalue weighted by atomic mass is 9.53. The Bertz CT molecular complexity index is 1180. The van der Waals surface area contributed by atoms with E-state index in [9.17, 15) is 14.4 Å². The van der Waals surface area contributed by atoms with Gasteiger partial charge in [-0.05, 0) is 169 Å². The predicted molar refractivity (Wildman–Crippen MR) is 167 cm³/mol. The summed E-state index contributed by atoms with van der Waals surface area (Å²) in [6, 6.07) is 1.56. The average molecular weight is 612 g/mol. The molecule has 1 aromatic heterocycles. The average Bonchev–Trinajstić information content (AvgIpc) is 2.94. The first kappa shape index (κ1) is 27.6. The Morgan fingerprint density at radius 2 is 0.689 bits per heavy atom. The molecule has 12 saturated carbocycles. The van der Waals surface area contributed by atoms with Crippen LogP contribution in [0.4, 0.5) is 0 Å². The van der Waals surface area contributed by atoms with Crippen molar-refractivity contribution >= 4 is 17.7 Å². The minimum Gasteiger partial charge on any atom is -0.345 e. The van der Waals surface area contributed by atoms with Crippen LogP contribution in [0.15, 0.2) is 6.07 Å². The van der Waals surface area contributed by atoms with Crippen molar-refractivity contribution in [3.8, 4) is 0 Å². The molecule has 0 saturated heterocycles. The van der Waals surface area contributed by atoms with Gasteiger partial charge in [-0.15, -0.1) is 0 Å². The summed E-state index contributed by atoms with van der Waals surface area (Å²) in [6.45, 7) is 0. The zero-order valence-electron chi connectivity index (χ0n) is 26.6. The van der Waals surface area contributed by atoms with E-state index in [0.717, 1.165) is 57.8 Å². The highest BCUT2D eigenvalue weighted by Gasteiger charge is 2.54. The van der Waals surface area contributed by atoms with E-state index < -0.39 is 0 Å². The van der Waals surface area contributed by atoms with Gasteiger partial charge in [-0.25, -0.2) is 9.97 Å². The number of rotatable bonds is 6. The SMILES string of the molecule is O=C(NC12CC3CC(CC(C3)C1)C2)c1cc(C(=O)NC23CC4CC(CC(C4)C2)C3)nc(C(=O)NC23CC4CC(CC(C4)C2)C3)n1. The number of amides is 3. The Balaban J connectivity index is 0.949. The van der Waals surface area contributed by atoms with Crippen LogP contribution in [-0.2, 0) is 0 Å². The van der Waals surface area contributed by atoms with Gasteiger partial charge in [0.05, 0.1) is 0 Å². The quantitative estimate of drug-likeness (QED) is 0.389. The second-order valence-corrected chi connectivity index (χ2v) is 18.4. The van der Waals surface area contributed by atoms with Crippen molar-refractivity contribution in [3.05, 3.63) is 23.3 Å². The number of carbonyl (C=O) groups excluding carboxylic acids is 3. The molecule has 240 valence electrons. The highest BCUT2D eigenvalue weighted by atomic mass is 16.2. The molecule has 1 heterocycles. The van der Waals surface area contributed by atoms with Crippen LogP contribution in [0.25, 0.3) is 0 Å². The van der Waals surface area contributed by atoms with Gasteiger partial charge in [0.2, 0.25) is 5.82 Å². The molecule has 0 aliphatic heterocycles. The molecule has 12 aliphatic carbocycles. The highest BCUT2D eigenvalue weighted by Crippen LogP contribution is 2.58. The van der Waals surface area contributed by atoms with E-state index in [4.69, 9.17) is 0 Å². The van der Waals surface area contributed by atoms with Gasteiger partial charge in [-0.1, -0.05) is 0 Å². The summed E-state index contributed by atoms with van der Waals surface area (Å²) in [5.41, 5.74) is -0.243. The zero-order valence-corrected chi connectivity index (χ0v) is 26.6. The first-order chi connectivity index (χ1) is 21.7. The first-order valence-corrected chi connectivity index (χ1v) is 18.5. The predicted octanol–water partition coefficient (Wildman–Crippen LogP) is 5.57. The monoisotopic (exact) mass is 611 g/mol. The molecule has 0 unspecified atom stereocenters. The van der Waals surface area contributed by atoms with E-state index in [2.05, 4.69) is 25.9 Å². The van der Waals surface area contributed by atoms with Gasteiger partial charge in [-0.2, -0.15) is 0 Å². The van der Waals surface area contributed by atoms with E-state index >= 15 is 0 Å². The molecule has 0 aromatic carbocycles. The maximum absolute atomic E-state index is 14.0. The highest BCUT2D eigenvalue weighted by molar-refractivity contribution is 6.00. The van der Waals surface area contributed by atoms with E-state index in [1.165, 1.54) is 57.8 Å². The Labute approximate surface area is 266 Å². The van der Waals surface area contributed by atoms with Crippen LogP contribution in [0.3, 0.4) is 0 Å². The van der Waals surface area contributed by atoms with Gasteiger partial charge in [0.25, 0.3) is 17.7 Å². The smallest absolute Gasteiger partial charge is 0.289 e. The molecular formula is C37H49N5O3. The van der Waals surface area contributed by atoms with Gasteiger partial charge in [0.1, 0.15) is 11.4 Å². The number of carbonyl (C=O) groups is 3. The fourth-order valence-electron chi connectivity index (χ4n) is 14.5. The second kappa shape index (κ2) is 9.53. The summed E-state index contributed by atoms with van der Waals surface area (Å²) in [6.07, 6.45) is 21.0. The van der Waals surface area contributed by atoms with Gasteiger partial charge in [0.15, 0.2) is 0 Å². The molecule has 0 spiro atoms.